The Balaban J connectivity index is 3.38. The summed E-state index contributed by atoms with van der Waals surface area (Å²) in [5.41, 5.74) is 10.0. The number of nitrogens with two attached hydrogens (primary N) is 2. The Morgan fingerprint density at radius 3 is 2.62 bits per heavy atom. The normalized spacial score (nSPS) is 10.0. The van der Waals surface area contributed by atoms with Gasteiger partial charge in [-0.15, -0.1) is 0 Å². The molecule has 0 bridgehead atoms. The van der Waals surface area contributed by atoms with Gasteiger partial charge in [0, 0.05) is 12.6 Å². The third kappa shape index (κ3) is 1.57. The molecular formula is C7H8FN3O2. The molecule has 0 unspecified atom stereocenters. The highest BCUT2D eigenvalue weighted by Crippen LogP contribution is 2.25. The van der Waals surface area contributed by atoms with E-state index in [2.05, 4.69) is 0 Å². The van der Waals surface area contributed by atoms with Crippen molar-refractivity contribution in [2.45, 2.75) is 6.54 Å². The molecule has 4 N–H and O–H groups in total. The van der Waals surface area contributed by atoms with E-state index in [4.69, 9.17) is 11.5 Å². The summed E-state index contributed by atoms with van der Waals surface area (Å²) in [5.74, 6) is -0.689. The summed E-state index contributed by atoms with van der Waals surface area (Å²) in [6.07, 6.45) is 0. The lowest BCUT2D eigenvalue weighted by Gasteiger charge is -2.04. The zero-order chi connectivity index (χ0) is 10.0. The maximum absolute atomic E-state index is 12.8. The Hall–Kier alpha value is -1.69. The number of anilines is 1. The minimum atomic E-state index is -0.689. The number of nitro groups is 1. The van der Waals surface area contributed by atoms with Crippen molar-refractivity contribution in [2.75, 3.05) is 5.73 Å². The van der Waals surface area contributed by atoms with Gasteiger partial charge in [0.1, 0.15) is 5.82 Å². The fourth-order valence-electron chi connectivity index (χ4n) is 1.01. The number of halogens is 1. The van der Waals surface area contributed by atoms with Crippen LogP contribution in [0.15, 0.2) is 12.1 Å². The van der Waals surface area contributed by atoms with Crippen LogP contribution in [-0.4, -0.2) is 4.92 Å². The van der Waals surface area contributed by atoms with Crippen molar-refractivity contribution in [1.29, 1.82) is 0 Å². The Morgan fingerprint density at radius 1 is 1.54 bits per heavy atom. The van der Waals surface area contributed by atoms with Crippen LogP contribution in [0.1, 0.15) is 5.56 Å². The molecule has 1 aromatic carbocycles. The van der Waals surface area contributed by atoms with Gasteiger partial charge in [0.2, 0.25) is 0 Å². The van der Waals surface area contributed by atoms with Crippen LogP contribution in [0.4, 0.5) is 15.8 Å². The molecule has 0 radical (unpaired) electrons. The second-order valence-electron chi connectivity index (χ2n) is 2.42. The molecule has 0 spiro atoms. The largest absolute Gasteiger partial charge is 0.396 e. The number of nitrogen functional groups attached to an aromatic ring is 1. The molecule has 5 nitrogen and oxygen atoms in total. The van der Waals surface area contributed by atoms with Crippen LogP contribution < -0.4 is 11.5 Å². The predicted octanol–water partition coefficient (Wildman–Crippen LogP) is 0.775. The van der Waals surface area contributed by atoms with Crippen LogP contribution in [-0.2, 0) is 6.54 Å². The van der Waals surface area contributed by atoms with Gasteiger partial charge in [-0.1, -0.05) is 0 Å². The molecule has 6 heteroatoms. The number of benzene rings is 1. The SMILES string of the molecule is NCc1c([N+](=O)[O-])ccc(F)c1N. The van der Waals surface area contributed by atoms with E-state index >= 15 is 0 Å². The minimum absolute atomic E-state index is 0.0324. The average molecular weight is 185 g/mol. The zero-order valence-corrected chi connectivity index (χ0v) is 6.66. The molecule has 0 saturated carbocycles. The molecule has 0 fully saturated rings. The van der Waals surface area contributed by atoms with Crippen LogP contribution in [0, 0.1) is 15.9 Å². The van der Waals surface area contributed by atoms with Crippen LogP contribution in [0.5, 0.6) is 0 Å². The monoisotopic (exact) mass is 185 g/mol. The summed E-state index contributed by atoms with van der Waals surface area (Å²) in [4.78, 5) is 9.78. The summed E-state index contributed by atoms with van der Waals surface area (Å²) in [5, 5.41) is 10.4. The zero-order valence-electron chi connectivity index (χ0n) is 6.66. The lowest BCUT2D eigenvalue weighted by Crippen LogP contribution is -2.07. The van der Waals surface area contributed by atoms with Gasteiger partial charge in [0.05, 0.1) is 16.2 Å². The summed E-state index contributed by atoms with van der Waals surface area (Å²) in [6.45, 7) is -0.153. The van der Waals surface area contributed by atoms with E-state index in [0.717, 1.165) is 12.1 Å². The first-order chi connectivity index (χ1) is 6.07. The summed E-state index contributed by atoms with van der Waals surface area (Å²) in [6, 6.07) is 2.00. The van der Waals surface area contributed by atoms with Gasteiger partial charge in [0.25, 0.3) is 5.69 Å². The fourth-order valence-corrected chi connectivity index (χ4v) is 1.01. The topological polar surface area (TPSA) is 95.2 Å². The quantitative estimate of drug-likeness (QED) is 0.404. The van der Waals surface area contributed by atoms with Crippen molar-refractivity contribution in [2.24, 2.45) is 5.73 Å². The molecular weight excluding hydrogens is 177 g/mol. The molecule has 0 saturated heterocycles. The molecule has 0 aliphatic rings. The van der Waals surface area contributed by atoms with E-state index < -0.39 is 10.7 Å². The third-order valence-corrected chi connectivity index (χ3v) is 1.68. The first-order valence-electron chi connectivity index (χ1n) is 3.49. The highest BCUT2D eigenvalue weighted by molar-refractivity contribution is 5.58. The molecule has 0 aliphatic carbocycles. The maximum Gasteiger partial charge on any atom is 0.276 e. The maximum atomic E-state index is 12.8. The van der Waals surface area contributed by atoms with Gasteiger partial charge in [-0.25, -0.2) is 4.39 Å². The Labute approximate surface area is 73.3 Å². The third-order valence-electron chi connectivity index (χ3n) is 1.68. The molecule has 0 aliphatic heterocycles. The summed E-state index contributed by atoms with van der Waals surface area (Å²) >= 11 is 0. The van der Waals surface area contributed by atoms with E-state index in [0.29, 0.717) is 0 Å². The Bertz CT molecular complexity index is 354. The number of nitrogens with zero attached hydrogens (tertiary/aromatic N) is 1. The van der Waals surface area contributed by atoms with E-state index in [1.54, 1.807) is 0 Å². The molecule has 0 heterocycles. The first kappa shape index (κ1) is 9.40. The fraction of sp³-hybridized carbons (Fsp3) is 0.143. The lowest BCUT2D eigenvalue weighted by atomic mass is 10.1. The van der Waals surface area contributed by atoms with Crippen molar-refractivity contribution in [3.8, 4) is 0 Å². The van der Waals surface area contributed by atoms with Crippen molar-refractivity contribution in [3.05, 3.63) is 33.6 Å². The van der Waals surface area contributed by atoms with Gasteiger partial charge in [-0.2, -0.15) is 0 Å². The van der Waals surface area contributed by atoms with Gasteiger partial charge < -0.3 is 11.5 Å². The predicted molar refractivity (Wildman–Crippen MR) is 45.4 cm³/mol. The number of rotatable bonds is 2. The van der Waals surface area contributed by atoms with Gasteiger partial charge in [0.15, 0.2) is 0 Å². The molecule has 70 valence electrons. The second kappa shape index (κ2) is 3.36. The van der Waals surface area contributed by atoms with Crippen molar-refractivity contribution in [1.82, 2.24) is 0 Å². The summed E-state index contributed by atoms with van der Waals surface area (Å²) in [7, 11) is 0. The van der Waals surface area contributed by atoms with Gasteiger partial charge in [-0.05, 0) is 6.07 Å². The van der Waals surface area contributed by atoms with Crippen molar-refractivity contribution >= 4 is 11.4 Å². The first-order valence-corrected chi connectivity index (χ1v) is 3.49. The molecule has 13 heavy (non-hydrogen) atoms. The molecule has 0 amide bonds. The van der Waals surface area contributed by atoms with E-state index in [-0.39, 0.29) is 23.5 Å². The van der Waals surface area contributed by atoms with E-state index in [9.17, 15) is 14.5 Å². The molecule has 0 aromatic heterocycles. The summed E-state index contributed by atoms with van der Waals surface area (Å²) < 4.78 is 12.8. The lowest BCUT2D eigenvalue weighted by molar-refractivity contribution is -0.385. The number of hydrogen-bond acceptors (Lipinski definition) is 4. The van der Waals surface area contributed by atoms with Crippen LogP contribution in [0.25, 0.3) is 0 Å². The molecule has 1 aromatic rings. The van der Waals surface area contributed by atoms with Crippen LogP contribution in [0.3, 0.4) is 0 Å². The van der Waals surface area contributed by atoms with Gasteiger partial charge >= 0.3 is 0 Å². The molecule has 1 rings (SSSR count). The van der Waals surface area contributed by atoms with E-state index in [1.165, 1.54) is 0 Å². The Kier molecular flexibility index (Phi) is 2.43. The Morgan fingerprint density at radius 2 is 2.15 bits per heavy atom. The standard InChI is InChI=1S/C7H8FN3O2/c8-5-1-2-6(11(12)13)4(3-9)7(5)10/h1-2H,3,9-10H2. The average Bonchev–Trinajstić information content (AvgIpc) is 2.09. The van der Waals surface area contributed by atoms with E-state index in [1.807, 2.05) is 0 Å². The minimum Gasteiger partial charge on any atom is -0.396 e. The molecule has 0 atom stereocenters. The highest BCUT2D eigenvalue weighted by Gasteiger charge is 2.17. The highest BCUT2D eigenvalue weighted by atomic mass is 19.1. The number of nitro benzene ring substituents is 1. The number of hydrogen-bond donors (Lipinski definition) is 2. The van der Waals surface area contributed by atoms with Crippen molar-refractivity contribution < 1.29 is 9.31 Å². The van der Waals surface area contributed by atoms with Gasteiger partial charge in [-0.3, -0.25) is 10.1 Å². The van der Waals surface area contributed by atoms with Crippen LogP contribution in [0.2, 0.25) is 0 Å². The van der Waals surface area contributed by atoms with Crippen molar-refractivity contribution in [3.63, 3.8) is 0 Å². The van der Waals surface area contributed by atoms with Crippen LogP contribution >= 0.6 is 0 Å². The smallest absolute Gasteiger partial charge is 0.276 e. The second-order valence-corrected chi connectivity index (χ2v) is 2.42.